The van der Waals surface area contributed by atoms with E-state index in [9.17, 15) is 10.1 Å². The van der Waals surface area contributed by atoms with Gasteiger partial charge in [0, 0.05) is 13.2 Å². The van der Waals surface area contributed by atoms with E-state index in [1.807, 2.05) is 42.5 Å². The second-order valence-electron chi connectivity index (χ2n) is 9.57. The maximum absolute atomic E-state index is 11.9. The van der Waals surface area contributed by atoms with Gasteiger partial charge in [0.05, 0.1) is 32.3 Å². The summed E-state index contributed by atoms with van der Waals surface area (Å²) >= 11 is 0. The van der Waals surface area contributed by atoms with Gasteiger partial charge in [-0.25, -0.2) is 4.79 Å². The molecule has 8 nitrogen and oxygen atoms in total. The van der Waals surface area contributed by atoms with Gasteiger partial charge in [-0.3, -0.25) is 4.90 Å². The van der Waals surface area contributed by atoms with Crippen molar-refractivity contribution in [1.29, 1.82) is 5.26 Å². The number of esters is 1. The number of nitrogens with zero attached hydrogens (tertiary/aromatic N) is 2. The van der Waals surface area contributed by atoms with Gasteiger partial charge in [0.25, 0.3) is 6.29 Å². The molecule has 0 radical (unpaired) electrons. The van der Waals surface area contributed by atoms with Crippen LogP contribution in [0.2, 0.25) is 0 Å². The summed E-state index contributed by atoms with van der Waals surface area (Å²) in [5.41, 5.74) is 1.41. The zero-order valence-electron chi connectivity index (χ0n) is 23.9. The molecule has 0 aliphatic rings. The normalized spacial score (nSPS) is 14.3. The molecule has 3 atom stereocenters. The highest BCUT2D eigenvalue weighted by Gasteiger charge is 2.36. The first-order valence-electron chi connectivity index (χ1n) is 13.0. The Balaban J connectivity index is 2.06. The van der Waals surface area contributed by atoms with Gasteiger partial charge in [-0.15, -0.1) is 0 Å². The minimum absolute atomic E-state index is 0.117. The molecule has 0 aliphatic heterocycles. The molecule has 2 aromatic rings. The Morgan fingerprint density at radius 2 is 1.68 bits per heavy atom. The minimum atomic E-state index is -1.10. The summed E-state index contributed by atoms with van der Waals surface area (Å²) in [7, 11) is 6.69. The maximum atomic E-state index is 11.9. The fraction of sp³-hybridized carbons (Fsp3) is 0.533. The number of benzene rings is 2. The molecule has 0 heterocycles. The summed E-state index contributed by atoms with van der Waals surface area (Å²) in [4.78, 5) is 14.2. The molecule has 2 rings (SSSR count). The molecule has 0 bridgehead atoms. The van der Waals surface area contributed by atoms with E-state index in [-0.39, 0.29) is 18.6 Å². The molecule has 8 heteroatoms. The van der Waals surface area contributed by atoms with E-state index in [4.69, 9.17) is 23.7 Å². The van der Waals surface area contributed by atoms with Crippen LogP contribution in [0, 0.1) is 17.2 Å². The van der Waals surface area contributed by atoms with E-state index in [1.54, 1.807) is 21.1 Å². The van der Waals surface area contributed by atoms with Gasteiger partial charge in [-0.1, -0.05) is 32.0 Å². The summed E-state index contributed by atoms with van der Waals surface area (Å²) in [6.45, 7) is 9.12. The molecule has 208 valence electrons. The third-order valence-electron chi connectivity index (χ3n) is 7.13. The van der Waals surface area contributed by atoms with Gasteiger partial charge in [-0.2, -0.15) is 5.26 Å². The molecule has 0 fully saturated rings. The first kappa shape index (κ1) is 30.9. The highest BCUT2D eigenvalue weighted by atomic mass is 16.7. The first-order valence-corrected chi connectivity index (χ1v) is 13.0. The standard InChI is InChI=1S/C30H42N2O6/c1-9-37-28(33)29(36-8)38-25-14-11-23(12-15-25)22(4)32(5)18-10-17-30(20-31,21(2)3)24-13-16-26(34-6)27(19-24)35-7/h11-16,19,21-22,29H,9-10,17-18H2,1-8H3. The van der Waals surface area contributed by atoms with E-state index in [0.29, 0.717) is 23.7 Å². The zero-order chi connectivity index (χ0) is 28.3. The molecule has 38 heavy (non-hydrogen) atoms. The highest BCUT2D eigenvalue weighted by molar-refractivity contribution is 5.73. The summed E-state index contributed by atoms with van der Waals surface area (Å²) in [6.07, 6.45) is 0.456. The molecule has 0 amide bonds. The van der Waals surface area contributed by atoms with Crippen molar-refractivity contribution in [1.82, 2.24) is 4.90 Å². The third-order valence-corrected chi connectivity index (χ3v) is 7.13. The summed E-state index contributed by atoms with van der Waals surface area (Å²) in [5, 5.41) is 10.3. The monoisotopic (exact) mass is 526 g/mol. The van der Waals surface area contributed by atoms with Crippen LogP contribution in [0.5, 0.6) is 17.2 Å². The number of hydrogen-bond acceptors (Lipinski definition) is 8. The van der Waals surface area contributed by atoms with Crippen LogP contribution in [0.4, 0.5) is 0 Å². The molecule has 3 unspecified atom stereocenters. The van der Waals surface area contributed by atoms with Gasteiger partial charge >= 0.3 is 5.97 Å². The Morgan fingerprint density at radius 1 is 1.03 bits per heavy atom. The van der Waals surface area contributed by atoms with E-state index in [1.165, 1.54) is 7.11 Å². The summed E-state index contributed by atoms with van der Waals surface area (Å²) in [6, 6.07) is 16.1. The number of nitriles is 1. The summed E-state index contributed by atoms with van der Waals surface area (Å²) in [5.74, 6) is 1.36. The van der Waals surface area contributed by atoms with Gasteiger partial charge in [0.2, 0.25) is 0 Å². The minimum Gasteiger partial charge on any atom is -0.493 e. The van der Waals surface area contributed by atoms with Crippen LogP contribution in [-0.2, 0) is 19.7 Å². The maximum Gasteiger partial charge on any atom is 0.376 e. The van der Waals surface area contributed by atoms with Crippen molar-refractivity contribution in [3.05, 3.63) is 53.6 Å². The first-order chi connectivity index (χ1) is 18.2. The fourth-order valence-corrected chi connectivity index (χ4v) is 4.54. The lowest BCUT2D eigenvalue weighted by Gasteiger charge is -2.33. The Hall–Kier alpha value is -3.28. The molecule has 0 aromatic heterocycles. The third kappa shape index (κ3) is 7.40. The zero-order valence-corrected chi connectivity index (χ0v) is 23.9. The number of methoxy groups -OCH3 is 3. The summed E-state index contributed by atoms with van der Waals surface area (Å²) < 4.78 is 26.6. The number of ether oxygens (including phenoxy) is 5. The lowest BCUT2D eigenvalue weighted by Crippen LogP contribution is -2.32. The van der Waals surface area contributed by atoms with E-state index < -0.39 is 17.7 Å². The van der Waals surface area contributed by atoms with Crippen molar-refractivity contribution in [2.75, 3.05) is 41.5 Å². The largest absolute Gasteiger partial charge is 0.493 e. The molecule has 0 saturated heterocycles. The molecule has 0 saturated carbocycles. The average Bonchev–Trinajstić information content (AvgIpc) is 2.93. The molecular formula is C30H42N2O6. The SMILES string of the molecule is CCOC(=O)C(OC)Oc1ccc(C(C)N(C)CCCC(C#N)(c2ccc(OC)c(OC)c2)C(C)C)cc1. The van der Waals surface area contributed by atoms with Crippen molar-refractivity contribution >= 4 is 5.97 Å². The van der Waals surface area contributed by atoms with Crippen LogP contribution < -0.4 is 14.2 Å². The van der Waals surface area contributed by atoms with Crippen LogP contribution in [0.25, 0.3) is 0 Å². The van der Waals surface area contributed by atoms with E-state index >= 15 is 0 Å². The van der Waals surface area contributed by atoms with Crippen LogP contribution in [-0.4, -0.2) is 58.7 Å². The van der Waals surface area contributed by atoms with Gasteiger partial charge in [0.15, 0.2) is 11.5 Å². The average molecular weight is 527 g/mol. The smallest absolute Gasteiger partial charge is 0.376 e. The topological polar surface area (TPSA) is 90.3 Å². The van der Waals surface area contributed by atoms with Crippen LogP contribution in [0.3, 0.4) is 0 Å². The Morgan fingerprint density at radius 3 is 2.21 bits per heavy atom. The van der Waals surface area contributed by atoms with Crippen molar-refractivity contribution in [3.63, 3.8) is 0 Å². The highest BCUT2D eigenvalue weighted by Crippen LogP contribution is 2.40. The van der Waals surface area contributed by atoms with Crippen LogP contribution in [0.15, 0.2) is 42.5 Å². The second-order valence-corrected chi connectivity index (χ2v) is 9.57. The van der Waals surface area contributed by atoms with E-state index in [0.717, 1.165) is 24.1 Å². The Bertz CT molecular complexity index is 1070. The van der Waals surface area contributed by atoms with Crippen molar-refractivity contribution in [2.24, 2.45) is 5.92 Å². The molecule has 0 N–H and O–H groups in total. The quantitative estimate of drug-likeness (QED) is 0.222. The van der Waals surface area contributed by atoms with Gasteiger partial charge in [0.1, 0.15) is 5.75 Å². The molecular weight excluding hydrogens is 484 g/mol. The fourth-order valence-electron chi connectivity index (χ4n) is 4.54. The predicted molar refractivity (Wildman–Crippen MR) is 146 cm³/mol. The number of carbonyl (C=O) groups is 1. The van der Waals surface area contributed by atoms with E-state index in [2.05, 4.69) is 38.8 Å². The second kappa shape index (κ2) is 14.6. The number of carbonyl (C=O) groups excluding carboxylic acids is 1. The van der Waals surface area contributed by atoms with Crippen LogP contribution >= 0.6 is 0 Å². The van der Waals surface area contributed by atoms with Crippen molar-refractivity contribution in [3.8, 4) is 23.3 Å². The molecule has 0 aliphatic carbocycles. The Labute approximate surface area is 227 Å². The van der Waals surface area contributed by atoms with Crippen LogP contribution in [0.1, 0.15) is 57.7 Å². The Kier molecular flexibility index (Phi) is 11.9. The van der Waals surface area contributed by atoms with Crippen molar-refractivity contribution in [2.45, 2.75) is 58.3 Å². The van der Waals surface area contributed by atoms with Gasteiger partial charge in [-0.05, 0) is 81.6 Å². The molecule has 0 spiro atoms. The van der Waals surface area contributed by atoms with Crippen molar-refractivity contribution < 1.29 is 28.5 Å². The van der Waals surface area contributed by atoms with Gasteiger partial charge < -0.3 is 23.7 Å². The number of rotatable bonds is 15. The molecule has 2 aromatic carbocycles. The lowest BCUT2D eigenvalue weighted by molar-refractivity contribution is -0.172. The lowest BCUT2D eigenvalue weighted by atomic mass is 9.69. The predicted octanol–water partition coefficient (Wildman–Crippen LogP) is 5.51. The number of hydrogen-bond donors (Lipinski definition) is 0.